The summed E-state index contributed by atoms with van der Waals surface area (Å²) in [6.07, 6.45) is 3.76. The fourth-order valence-corrected chi connectivity index (χ4v) is 2.97. The van der Waals surface area contributed by atoms with Crippen molar-refractivity contribution >= 4 is 22.6 Å². The first-order chi connectivity index (χ1) is 10.1. The average molecular weight is 286 g/mol. The number of nitrogens with zero attached hydrogens (tertiary/aromatic N) is 1. The Labute approximate surface area is 122 Å². The number of rotatable bonds is 4. The second-order valence-electron chi connectivity index (χ2n) is 5.58. The molecule has 2 atom stereocenters. The molecular weight excluding hydrogens is 268 g/mol. The van der Waals surface area contributed by atoms with E-state index in [2.05, 4.69) is 10.3 Å². The third-order valence-electron chi connectivity index (χ3n) is 4.09. The number of aliphatic hydroxyl groups is 1. The van der Waals surface area contributed by atoms with Crippen molar-refractivity contribution in [3.63, 3.8) is 0 Å². The molecule has 1 aliphatic carbocycles. The van der Waals surface area contributed by atoms with E-state index in [0.717, 1.165) is 30.2 Å². The van der Waals surface area contributed by atoms with E-state index in [1.54, 1.807) is 0 Å². The summed E-state index contributed by atoms with van der Waals surface area (Å²) in [5.41, 5.74) is 1.58. The van der Waals surface area contributed by atoms with Crippen molar-refractivity contribution in [2.45, 2.75) is 25.4 Å². The lowest BCUT2D eigenvalue weighted by Gasteiger charge is -2.15. The Morgan fingerprint density at radius 1 is 1.33 bits per heavy atom. The van der Waals surface area contributed by atoms with Crippen molar-refractivity contribution in [3.05, 3.63) is 36.0 Å². The minimum Gasteiger partial charge on any atom is -0.478 e. The molecular formula is C16H18N2O3. The lowest BCUT2D eigenvalue weighted by Crippen LogP contribution is -2.15. The van der Waals surface area contributed by atoms with Gasteiger partial charge in [0.15, 0.2) is 0 Å². The van der Waals surface area contributed by atoms with Crippen LogP contribution in [0, 0.1) is 5.92 Å². The van der Waals surface area contributed by atoms with Crippen LogP contribution in [0.25, 0.3) is 10.9 Å². The number of pyridine rings is 1. The fraction of sp³-hybridized carbons (Fsp3) is 0.375. The van der Waals surface area contributed by atoms with Crippen LogP contribution in [0.1, 0.15) is 29.6 Å². The molecule has 5 heteroatoms. The zero-order valence-electron chi connectivity index (χ0n) is 11.6. The third kappa shape index (κ3) is 2.83. The number of fused-ring (bicyclic) bond motifs is 1. The fourth-order valence-electron chi connectivity index (χ4n) is 2.97. The number of para-hydroxylation sites is 1. The molecule has 21 heavy (non-hydrogen) atoms. The van der Waals surface area contributed by atoms with Gasteiger partial charge >= 0.3 is 5.97 Å². The van der Waals surface area contributed by atoms with Crippen LogP contribution in [-0.2, 0) is 0 Å². The lowest BCUT2D eigenvalue weighted by atomic mass is 10.1. The lowest BCUT2D eigenvalue weighted by molar-refractivity contribution is 0.0697. The highest BCUT2D eigenvalue weighted by Gasteiger charge is 2.23. The Morgan fingerprint density at radius 2 is 2.14 bits per heavy atom. The van der Waals surface area contributed by atoms with Gasteiger partial charge in [-0.3, -0.25) is 4.98 Å². The van der Waals surface area contributed by atoms with Crippen LogP contribution in [0.3, 0.4) is 0 Å². The van der Waals surface area contributed by atoms with Crippen molar-refractivity contribution in [1.82, 2.24) is 4.98 Å². The largest absolute Gasteiger partial charge is 0.478 e. The second kappa shape index (κ2) is 5.69. The topological polar surface area (TPSA) is 82.5 Å². The van der Waals surface area contributed by atoms with E-state index in [-0.39, 0.29) is 11.7 Å². The van der Waals surface area contributed by atoms with Crippen LogP contribution in [0.2, 0.25) is 0 Å². The zero-order chi connectivity index (χ0) is 14.8. The molecule has 3 rings (SSSR count). The molecule has 2 unspecified atom stereocenters. The molecule has 1 heterocycles. The highest BCUT2D eigenvalue weighted by Crippen LogP contribution is 2.29. The van der Waals surface area contributed by atoms with Gasteiger partial charge in [-0.15, -0.1) is 0 Å². The molecule has 0 amide bonds. The Morgan fingerprint density at radius 3 is 2.86 bits per heavy atom. The average Bonchev–Trinajstić information content (AvgIpc) is 2.90. The number of carboxylic acid groups (broad SMARTS) is 1. The normalized spacial score (nSPS) is 21.6. The van der Waals surface area contributed by atoms with Gasteiger partial charge in [0.25, 0.3) is 0 Å². The highest BCUT2D eigenvalue weighted by molar-refractivity contribution is 6.04. The standard InChI is InChI=1S/C16H18N2O3/c19-11-6-5-10(7-11)8-18-15-12-3-1-2-4-14(12)17-9-13(15)16(20)21/h1-4,9-11,19H,5-8H2,(H,17,18)(H,20,21). The molecule has 1 saturated carbocycles. The summed E-state index contributed by atoms with van der Waals surface area (Å²) in [5, 5.41) is 23.0. The quantitative estimate of drug-likeness (QED) is 0.804. The minimum atomic E-state index is -0.984. The second-order valence-corrected chi connectivity index (χ2v) is 5.58. The Hall–Kier alpha value is -2.14. The van der Waals surface area contributed by atoms with Gasteiger partial charge in [-0.25, -0.2) is 4.79 Å². The predicted molar refractivity (Wildman–Crippen MR) is 80.5 cm³/mol. The van der Waals surface area contributed by atoms with Crippen LogP contribution in [0.15, 0.2) is 30.5 Å². The van der Waals surface area contributed by atoms with Crippen molar-refractivity contribution < 1.29 is 15.0 Å². The predicted octanol–water partition coefficient (Wildman–Crippen LogP) is 2.51. The van der Waals surface area contributed by atoms with Crippen LogP contribution in [0.5, 0.6) is 0 Å². The van der Waals surface area contributed by atoms with E-state index in [9.17, 15) is 15.0 Å². The van der Waals surface area contributed by atoms with Crippen molar-refractivity contribution in [2.75, 3.05) is 11.9 Å². The summed E-state index contributed by atoms with van der Waals surface area (Å²) >= 11 is 0. The van der Waals surface area contributed by atoms with Crippen LogP contribution in [0.4, 0.5) is 5.69 Å². The van der Waals surface area contributed by atoms with Crippen molar-refractivity contribution in [1.29, 1.82) is 0 Å². The van der Waals surface area contributed by atoms with Gasteiger partial charge in [0.05, 0.1) is 17.3 Å². The Kier molecular flexibility index (Phi) is 3.75. The van der Waals surface area contributed by atoms with Gasteiger partial charge in [-0.1, -0.05) is 18.2 Å². The van der Waals surface area contributed by atoms with E-state index < -0.39 is 5.97 Å². The maximum Gasteiger partial charge on any atom is 0.339 e. The molecule has 1 aliphatic rings. The van der Waals surface area contributed by atoms with Crippen LogP contribution >= 0.6 is 0 Å². The zero-order valence-corrected chi connectivity index (χ0v) is 11.6. The highest BCUT2D eigenvalue weighted by atomic mass is 16.4. The third-order valence-corrected chi connectivity index (χ3v) is 4.09. The number of carbonyl (C=O) groups is 1. The number of aliphatic hydroxyl groups excluding tert-OH is 1. The molecule has 110 valence electrons. The van der Waals surface area contributed by atoms with Gasteiger partial charge in [0, 0.05) is 18.1 Å². The van der Waals surface area contributed by atoms with Gasteiger partial charge < -0.3 is 15.5 Å². The molecule has 0 aliphatic heterocycles. The molecule has 1 aromatic heterocycles. The maximum absolute atomic E-state index is 11.4. The number of hydrogen-bond acceptors (Lipinski definition) is 4. The summed E-state index contributed by atoms with van der Waals surface area (Å²) in [5.74, 6) is -0.601. The molecule has 1 aromatic carbocycles. The van der Waals surface area contributed by atoms with Gasteiger partial charge in [-0.05, 0) is 31.2 Å². The van der Waals surface area contributed by atoms with Gasteiger partial charge in [0.1, 0.15) is 5.56 Å². The molecule has 0 saturated heterocycles. The molecule has 3 N–H and O–H groups in total. The summed E-state index contributed by atoms with van der Waals surface area (Å²) in [7, 11) is 0. The Bertz CT molecular complexity index is 672. The van der Waals surface area contributed by atoms with Crippen molar-refractivity contribution in [2.24, 2.45) is 5.92 Å². The first kappa shape index (κ1) is 13.8. The maximum atomic E-state index is 11.4. The van der Waals surface area contributed by atoms with Crippen LogP contribution in [-0.4, -0.2) is 33.8 Å². The SMILES string of the molecule is O=C(O)c1cnc2ccccc2c1NCC1CCC(O)C1. The molecule has 0 radical (unpaired) electrons. The summed E-state index contributed by atoms with van der Waals surface area (Å²) < 4.78 is 0. The number of anilines is 1. The number of aromatic nitrogens is 1. The first-order valence-electron chi connectivity index (χ1n) is 7.18. The molecule has 5 nitrogen and oxygen atoms in total. The smallest absolute Gasteiger partial charge is 0.339 e. The van der Waals surface area contributed by atoms with E-state index in [0.29, 0.717) is 18.2 Å². The molecule has 0 bridgehead atoms. The summed E-state index contributed by atoms with van der Waals surface area (Å²) in [6, 6.07) is 7.50. The van der Waals surface area contributed by atoms with Crippen LogP contribution < -0.4 is 5.32 Å². The minimum absolute atomic E-state index is 0.187. The number of carboxylic acids is 1. The van der Waals surface area contributed by atoms with Gasteiger partial charge in [-0.2, -0.15) is 0 Å². The summed E-state index contributed by atoms with van der Waals surface area (Å²) in [6.45, 7) is 0.672. The Balaban J connectivity index is 1.91. The number of aromatic carboxylic acids is 1. The van der Waals surface area contributed by atoms with E-state index in [4.69, 9.17) is 0 Å². The number of benzene rings is 1. The molecule has 0 spiro atoms. The molecule has 1 fully saturated rings. The number of hydrogen-bond donors (Lipinski definition) is 3. The van der Waals surface area contributed by atoms with Crippen molar-refractivity contribution in [3.8, 4) is 0 Å². The molecule has 2 aromatic rings. The van der Waals surface area contributed by atoms with Gasteiger partial charge in [0.2, 0.25) is 0 Å². The monoisotopic (exact) mass is 286 g/mol. The van der Waals surface area contributed by atoms with E-state index >= 15 is 0 Å². The van der Waals surface area contributed by atoms with E-state index in [1.165, 1.54) is 6.20 Å². The number of nitrogens with one attached hydrogen (secondary N) is 1. The summed E-state index contributed by atoms with van der Waals surface area (Å²) in [4.78, 5) is 15.6. The van der Waals surface area contributed by atoms with E-state index in [1.807, 2.05) is 24.3 Å². The first-order valence-corrected chi connectivity index (χ1v) is 7.18.